The zero-order valence-electron chi connectivity index (χ0n) is 33.6. The SMILES string of the molecule is CC(C)(C)C(C(C(C(C)(C)C)(C(C)(C)C)C(C)(C)C)C(C(C)(C)C)(C(C)(C)C)C(C)(C)C)(C(C)(C)C)C(C)(C)C. The lowest BCUT2D eigenvalue weighted by molar-refractivity contribution is -0.358. The van der Waals surface area contributed by atoms with Gasteiger partial charge >= 0.3 is 0 Å². The molecule has 0 bridgehead atoms. The first kappa shape index (κ1) is 40.0. The summed E-state index contributed by atoms with van der Waals surface area (Å²) in [5.74, 6) is 0.354. The highest BCUT2D eigenvalue weighted by Gasteiger charge is 2.80. The molecule has 0 rings (SSSR count). The predicted octanol–water partition coefficient (Wildman–Crippen LogP) is 14.0. The lowest BCUT2D eigenvalue weighted by Gasteiger charge is -2.83. The molecule has 0 aliphatic carbocycles. The van der Waals surface area contributed by atoms with Crippen molar-refractivity contribution in [2.24, 2.45) is 70.9 Å². The summed E-state index contributed by atoms with van der Waals surface area (Å²) in [6.45, 7) is 70.0. The molecule has 0 atom stereocenters. The second-order valence-corrected chi connectivity index (χ2v) is 23.1. The van der Waals surface area contributed by atoms with Crippen LogP contribution in [0.1, 0.15) is 187 Å². The van der Waals surface area contributed by atoms with Crippen LogP contribution in [0.3, 0.4) is 0 Å². The van der Waals surface area contributed by atoms with Crippen LogP contribution in [-0.4, -0.2) is 0 Å². The quantitative estimate of drug-likeness (QED) is 0.321. The van der Waals surface area contributed by atoms with Crippen molar-refractivity contribution in [3.63, 3.8) is 0 Å². The average Bonchev–Trinajstić information content (AvgIpc) is 2.41. The first-order valence-corrected chi connectivity index (χ1v) is 16.6. The first-order chi connectivity index (χ1) is 16.6. The molecule has 40 heavy (non-hydrogen) atoms. The van der Waals surface area contributed by atoms with Crippen molar-refractivity contribution in [3.8, 4) is 0 Å². The summed E-state index contributed by atoms with van der Waals surface area (Å²) in [5, 5.41) is 0. The zero-order valence-corrected chi connectivity index (χ0v) is 33.6. The van der Waals surface area contributed by atoms with Crippen LogP contribution in [0.15, 0.2) is 0 Å². The third kappa shape index (κ3) is 5.31. The lowest BCUT2D eigenvalue weighted by Crippen LogP contribution is -2.78. The molecule has 0 amide bonds. The second kappa shape index (κ2) is 10.0. The van der Waals surface area contributed by atoms with Gasteiger partial charge in [0.1, 0.15) is 0 Å². The third-order valence-electron chi connectivity index (χ3n) is 11.9. The van der Waals surface area contributed by atoms with Gasteiger partial charge in [0.25, 0.3) is 0 Å². The molecule has 0 aromatic heterocycles. The Balaban J connectivity index is 10.1. The maximum absolute atomic E-state index is 2.59. The van der Waals surface area contributed by atoms with Gasteiger partial charge in [0, 0.05) is 0 Å². The highest BCUT2D eigenvalue weighted by atomic mass is 14.8. The van der Waals surface area contributed by atoms with E-state index in [1.165, 1.54) is 0 Å². The molecule has 242 valence electrons. The molecule has 0 aliphatic heterocycles. The van der Waals surface area contributed by atoms with Gasteiger partial charge in [0.2, 0.25) is 0 Å². The van der Waals surface area contributed by atoms with Crippen LogP contribution in [-0.2, 0) is 0 Å². The maximum Gasteiger partial charge on any atom is -0.0112 e. The Morgan fingerprint density at radius 1 is 0.175 bits per heavy atom. The number of hydrogen-bond donors (Lipinski definition) is 0. The van der Waals surface area contributed by atoms with Crippen molar-refractivity contribution in [3.05, 3.63) is 0 Å². The normalized spacial score (nSPS) is 17.1. The van der Waals surface area contributed by atoms with E-state index < -0.39 is 0 Å². The number of rotatable bonds is 3. The largest absolute Gasteiger partial charge is 0.0596 e. The Labute approximate surface area is 257 Å². The summed E-state index contributed by atoms with van der Waals surface area (Å²) < 4.78 is 0. The molecule has 0 aliphatic rings. The van der Waals surface area contributed by atoms with Crippen LogP contribution in [0.2, 0.25) is 0 Å². The zero-order chi connectivity index (χ0) is 33.6. The molecular formula is C40H82. The Hall–Kier alpha value is 0. The van der Waals surface area contributed by atoms with Gasteiger partial charge in [0.15, 0.2) is 0 Å². The minimum Gasteiger partial charge on any atom is -0.0596 e. The first-order valence-electron chi connectivity index (χ1n) is 16.6. The fourth-order valence-electron chi connectivity index (χ4n) is 15.0. The molecule has 0 spiro atoms. The van der Waals surface area contributed by atoms with Crippen LogP contribution in [0.25, 0.3) is 0 Å². The van der Waals surface area contributed by atoms with Crippen LogP contribution in [0, 0.1) is 70.9 Å². The molecular weight excluding hydrogens is 480 g/mol. The maximum atomic E-state index is 2.59. The van der Waals surface area contributed by atoms with Gasteiger partial charge in [-0.2, -0.15) is 0 Å². The molecule has 0 fully saturated rings. The molecule has 0 aromatic carbocycles. The molecule has 0 saturated carbocycles. The van der Waals surface area contributed by atoms with E-state index in [1.807, 2.05) is 0 Å². The second-order valence-electron chi connectivity index (χ2n) is 23.1. The third-order valence-corrected chi connectivity index (χ3v) is 11.9. The van der Waals surface area contributed by atoms with E-state index in [9.17, 15) is 0 Å². The van der Waals surface area contributed by atoms with Crippen molar-refractivity contribution in [1.29, 1.82) is 0 Å². The van der Waals surface area contributed by atoms with Crippen molar-refractivity contribution >= 4 is 0 Å². The topological polar surface area (TPSA) is 0 Å². The van der Waals surface area contributed by atoms with Crippen LogP contribution in [0.4, 0.5) is 0 Å². The molecule has 0 radical (unpaired) electrons. The van der Waals surface area contributed by atoms with E-state index in [1.54, 1.807) is 0 Å². The van der Waals surface area contributed by atoms with Gasteiger partial charge in [-0.3, -0.25) is 0 Å². The molecule has 0 N–H and O–H groups in total. The van der Waals surface area contributed by atoms with Gasteiger partial charge in [-0.05, 0) is 70.9 Å². The summed E-state index contributed by atoms with van der Waals surface area (Å²) in [4.78, 5) is 0. The monoisotopic (exact) mass is 563 g/mol. The number of hydrogen-bond acceptors (Lipinski definition) is 0. The van der Waals surface area contributed by atoms with E-state index in [0.29, 0.717) is 5.92 Å². The fraction of sp³-hybridized carbons (Fsp3) is 1.00. The van der Waals surface area contributed by atoms with Gasteiger partial charge in [-0.25, -0.2) is 0 Å². The van der Waals surface area contributed by atoms with Gasteiger partial charge in [-0.15, -0.1) is 0 Å². The highest BCUT2D eigenvalue weighted by molar-refractivity contribution is 5.27. The van der Waals surface area contributed by atoms with Gasteiger partial charge in [-0.1, -0.05) is 187 Å². The Morgan fingerprint density at radius 2 is 0.250 bits per heavy atom. The van der Waals surface area contributed by atoms with Gasteiger partial charge < -0.3 is 0 Å². The smallest absolute Gasteiger partial charge is 0.0112 e. The molecule has 0 saturated heterocycles. The van der Waals surface area contributed by atoms with E-state index >= 15 is 0 Å². The van der Waals surface area contributed by atoms with Crippen molar-refractivity contribution in [2.45, 2.75) is 187 Å². The molecule has 0 heteroatoms. The Kier molecular flexibility index (Phi) is 10.0. The summed E-state index contributed by atoms with van der Waals surface area (Å²) in [7, 11) is 0. The average molecular weight is 563 g/mol. The lowest BCUT2D eigenvalue weighted by atomic mass is 9.21. The van der Waals surface area contributed by atoms with Crippen LogP contribution in [0.5, 0.6) is 0 Å². The van der Waals surface area contributed by atoms with Crippen molar-refractivity contribution < 1.29 is 0 Å². The summed E-state index contributed by atoms with van der Waals surface area (Å²) in [5.41, 5.74) is 0.0154. The molecule has 0 aromatic rings. The highest BCUT2D eigenvalue weighted by Crippen LogP contribution is 2.85. The summed E-state index contributed by atoms with van der Waals surface area (Å²) >= 11 is 0. The van der Waals surface area contributed by atoms with E-state index in [2.05, 4.69) is 187 Å². The van der Waals surface area contributed by atoms with E-state index in [-0.39, 0.29) is 65.0 Å². The molecule has 0 nitrogen and oxygen atoms in total. The van der Waals surface area contributed by atoms with Crippen LogP contribution < -0.4 is 0 Å². The van der Waals surface area contributed by atoms with Gasteiger partial charge in [0.05, 0.1) is 0 Å². The fourth-order valence-corrected chi connectivity index (χ4v) is 15.0. The Bertz CT molecular complexity index is 616. The standard InChI is InChI=1S/C40H82/c1-29(2,3)38(30(4,5)6,31(7,8)9)28(39(32(10,11)12,33(13,14)15)34(16,17)18)40(35(19,20)21,36(22,23)24)37(25,26)27/h28H,1-27H3. The minimum absolute atomic E-state index is 0.0220. The molecule has 0 unspecified atom stereocenters. The summed E-state index contributed by atoms with van der Waals surface area (Å²) in [6.07, 6.45) is 0. The van der Waals surface area contributed by atoms with Crippen molar-refractivity contribution in [1.82, 2.24) is 0 Å². The van der Waals surface area contributed by atoms with Crippen molar-refractivity contribution in [2.75, 3.05) is 0 Å². The van der Waals surface area contributed by atoms with E-state index in [4.69, 9.17) is 0 Å². The van der Waals surface area contributed by atoms with E-state index in [0.717, 1.165) is 0 Å². The molecule has 0 heterocycles. The minimum atomic E-state index is -0.0608. The summed E-state index contributed by atoms with van der Waals surface area (Å²) in [6, 6.07) is 0. The Morgan fingerprint density at radius 3 is 0.300 bits per heavy atom. The van der Waals surface area contributed by atoms with Crippen LogP contribution >= 0.6 is 0 Å². The predicted molar refractivity (Wildman–Crippen MR) is 186 cm³/mol.